The molecule has 0 saturated carbocycles. The van der Waals surface area contributed by atoms with Crippen molar-refractivity contribution in [3.63, 3.8) is 0 Å². The first-order valence-electron chi connectivity index (χ1n) is 7.46. The van der Waals surface area contributed by atoms with Gasteiger partial charge in [-0.25, -0.2) is 0 Å². The van der Waals surface area contributed by atoms with Crippen LogP contribution in [0.25, 0.3) is 0 Å². The summed E-state index contributed by atoms with van der Waals surface area (Å²) in [6.07, 6.45) is 1.83. The first kappa shape index (κ1) is 15.5. The summed E-state index contributed by atoms with van der Waals surface area (Å²) < 4.78 is 0. The Kier molecular flexibility index (Phi) is 5.34. The molecule has 2 rings (SSSR count). The fraction of sp³-hybridized carbons (Fsp3) is 0.389. The molecule has 1 N–H and O–H groups in total. The molecule has 21 heavy (non-hydrogen) atoms. The number of nitrogens with zero attached hydrogens (tertiary/aromatic N) is 2. The molecule has 0 aliphatic carbocycles. The number of hydrogen-bond donors (Lipinski definition) is 1. The molecule has 0 aliphatic rings. The van der Waals surface area contributed by atoms with Crippen molar-refractivity contribution in [3.05, 3.63) is 59.4 Å². The summed E-state index contributed by atoms with van der Waals surface area (Å²) in [5.41, 5.74) is 2.96. The molecule has 0 spiro atoms. The van der Waals surface area contributed by atoms with Crippen LogP contribution in [0.2, 0.25) is 0 Å². The lowest BCUT2D eigenvalue weighted by Gasteiger charge is -2.24. The van der Waals surface area contributed by atoms with E-state index in [0.717, 1.165) is 36.5 Å². The molecule has 3 heteroatoms. The molecule has 1 aromatic carbocycles. The lowest BCUT2D eigenvalue weighted by molar-refractivity contribution is 0.222. The fourth-order valence-corrected chi connectivity index (χ4v) is 2.51. The molecule has 0 atom stereocenters. The summed E-state index contributed by atoms with van der Waals surface area (Å²) in [7, 11) is 0. The summed E-state index contributed by atoms with van der Waals surface area (Å²) in [6.45, 7) is 8.87. The van der Waals surface area contributed by atoms with E-state index in [2.05, 4.69) is 23.7 Å². The van der Waals surface area contributed by atoms with Crippen molar-refractivity contribution >= 4 is 0 Å². The van der Waals surface area contributed by atoms with Crippen LogP contribution in [-0.2, 0) is 13.1 Å². The maximum absolute atomic E-state index is 10.2. The molecule has 112 valence electrons. The van der Waals surface area contributed by atoms with Crippen molar-refractivity contribution in [1.29, 1.82) is 0 Å². The number of benzene rings is 1. The first-order valence-corrected chi connectivity index (χ1v) is 7.46. The van der Waals surface area contributed by atoms with E-state index in [1.165, 1.54) is 0 Å². The van der Waals surface area contributed by atoms with Crippen LogP contribution in [0.1, 0.15) is 30.7 Å². The summed E-state index contributed by atoms with van der Waals surface area (Å²) in [4.78, 5) is 6.74. The highest BCUT2D eigenvalue weighted by molar-refractivity contribution is 5.39. The summed E-state index contributed by atoms with van der Waals surface area (Å²) in [6, 6.07) is 11.9. The molecule has 0 bridgehead atoms. The third kappa shape index (κ3) is 4.57. The second kappa shape index (κ2) is 7.23. The van der Waals surface area contributed by atoms with Gasteiger partial charge in [-0.2, -0.15) is 0 Å². The average molecular weight is 284 g/mol. The zero-order chi connectivity index (χ0) is 15.2. The van der Waals surface area contributed by atoms with Gasteiger partial charge in [0.1, 0.15) is 5.75 Å². The van der Waals surface area contributed by atoms with Crippen molar-refractivity contribution < 1.29 is 5.11 Å². The van der Waals surface area contributed by atoms with Gasteiger partial charge in [-0.05, 0) is 30.5 Å². The molecule has 0 amide bonds. The zero-order valence-electron chi connectivity index (χ0n) is 13.1. The van der Waals surface area contributed by atoms with E-state index in [1.807, 2.05) is 49.5 Å². The van der Waals surface area contributed by atoms with Crippen molar-refractivity contribution in [2.75, 3.05) is 6.54 Å². The number of aryl methyl sites for hydroxylation is 1. The predicted molar refractivity (Wildman–Crippen MR) is 86.0 cm³/mol. The van der Waals surface area contributed by atoms with Crippen molar-refractivity contribution in [2.45, 2.75) is 33.9 Å². The summed E-state index contributed by atoms with van der Waals surface area (Å²) in [5.74, 6) is 0.980. The SMILES string of the molecule is Cc1cccc(CN(Cc2ccccn2)CC(C)C)c1O. The Morgan fingerprint density at radius 1 is 1.10 bits per heavy atom. The molecule has 0 aliphatic heterocycles. The molecule has 1 heterocycles. The first-order chi connectivity index (χ1) is 10.1. The number of para-hydroxylation sites is 1. The van der Waals surface area contributed by atoms with E-state index < -0.39 is 0 Å². The third-order valence-corrected chi connectivity index (χ3v) is 3.45. The lowest BCUT2D eigenvalue weighted by Crippen LogP contribution is -2.27. The van der Waals surface area contributed by atoms with E-state index in [1.54, 1.807) is 0 Å². The largest absolute Gasteiger partial charge is 0.507 e. The maximum atomic E-state index is 10.2. The number of phenolic OH excluding ortho intramolecular Hbond substituents is 1. The van der Waals surface area contributed by atoms with Crippen LogP contribution >= 0.6 is 0 Å². The average Bonchev–Trinajstić information content (AvgIpc) is 2.44. The highest BCUT2D eigenvalue weighted by atomic mass is 16.3. The molecule has 2 aromatic rings. The van der Waals surface area contributed by atoms with E-state index in [9.17, 15) is 5.11 Å². The standard InChI is InChI=1S/C18H24N2O/c1-14(2)11-20(13-17-9-4-5-10-19-17)12-16-8-6-7-15(3)18(16)21/h4-10,14,21H,11-13H2,1-3H3. The van der Waals surface area contributed by atoms with Crippen LogP contribution in [-0.4, -0.2) is 21.5 Å². The quantitative estimate of drug-likeness (QED) is 0.877. The second-order valence-electron chi connectivity index (χ2n) is 5.97. The highest BCUT2D eigenvalue weighted by Crippen LogP contribution is 2.23. The minimum atomic E-state index is 0.410. The van der Waals surface area contributed by atoms with Crippen LogP contribution in [0.5, 0.6) is 5.75 Å². The van der Waals surface area contributed by atoms with Gasteiger partial charge in [0.2, 0.25) is 0 Å². The third-order valence-electron chi connectivity index (χ3n) is 3.45. The zero-order valence-corrected chi connectivity index (χ0v) is 13.1. The molecule has 1 aromatic heterocycles. The Hall–Kier alpha value is -1.87. The highest BCUT2D eigenvalue weighted by Gasteiger charge is 2.12. The molecule has 0 radical (unpaired) electrons. The van der Waals surface area contributed by atoms with E-state index >= 15 is 0 Å². The lowest BCUT2D eigenvalue weighted by atomic mass is 10.1. The van der Waals surface area contributed by atoms with Gasteiger partial charge in [0, 0.05) is 31.4 Å². The number of pyridine rings is 1. The number of aromatic hydroxyl groups is 1. The van der Waals surface area contributed by atoms with Gasteiger partial charge in [-0.3, -0.25) is 9.88 Å². The van der Waals surface area contributed by atoms with Gasteiger partial charge in [-0.15, -0.1) is 0 Å². The van der Waals surface area contributed by atoms with Crippen LogP contribution in [0.3, 0.4) is 0 Å². The van der Waals surface area contributed by atoms with Crippen LogP contribution in [0.4, 0.5) is 0 Å². The number of phenols is 1. The van der Waals surface area contributed by atoms with Gasteiger partial charge in [-0.1, -0.05) is 38.1 Å². The molecule has 0 unspecified atom stereocenters. The predicted octanol–water partition coefficient (Wildman–Crippen LogP) is 3.75. The molecule has 0 fully saturated rings. The minimum absolute atomic E-state index is 0.410. The second-order valence-corrected chi connectivity index (χ2v) is 5.97. The number of hydrogen-bond acceptors (Lipinski definition) is 3. The van der Waals surface area contributed by atoms with E-state index in [4.69, 9.17) is 0 Å². The van der Waals surface area contributed by atoms with E-state index in [-0.39, 0.29) is 0 Å². The van der Waals surface area contributed by atoms with Crippen LogP contribution < -0.4 is 0 Å². The minimum Gasteiger partial charge on any atom is -0.507 e. The molecule has 3 nitrogen and oxygen atoms in total. The van der Waals surface area contributed by atoms with Gasteiger partial charge in [0.25, 0.3) is 0 Å². The number of aromatic nitrogens is 1. The monoisotopic (exact) mass is 284 g/mol. The Bertz CT molecular complexity index is 567. The topological polar surface area (TPSA) is 36.4 Å². The Morgan fingerprint density at radius 2 is 1.90 bits per heavy atom. The van der Waals surface area contributed by atoms with Crippen molar-refractivity contribution in [2.24, 2.45) is 5.92 Å². The van der Waals surface area contributed by atoms with Crippen molar-refractivity contribution in [3.8, 4) is 5.75 Å². The molecule has 0 saturated heterocycles. The molecular formula is C18H24N2O. The van der Waals surface area contributed by atoms with E-state index in [0.29, 0.717) is 11.7 Å². The Morgan fingerprint density at radius 3 is 2.57 bits per heavy atom. The number of rotatable bonds is 6. The Balaban J connectivity index is 2.14. The van der Waals surface area contributed by atoms with Gasteiger partial charge in [0.05, 0.1) is 5.69 Å². The van der Waals surface area contributed by atoms with Crippen LogP contribution in [0, 0.1) is 12.8 Å². The normalized spacial score (nSPS) is 11.3. The fourth-order valence-electron chi connectivity index (χ4n) is 2.51. The van der Waals surface area contributed by atoms with Gasteiger partial charge in [0.15, 0.2) is 0 Å². The Labute approximate surface area is 127 Å². The smallest absolute Gasteiger partial charge is 0.122 e. The van der Waals surface area contributed by atoms with Crippen molar-refractivity contribution in [1.82, 2.24) is 9.88 Å². The van der Waals surface area contributed by atoms with Crippen LogP contribution in [0.15, 0.2) is 42.6 Å². The van der Waals surface area contributed by atoms with Gasteiger partial charge < -0.3 is 5.11 Å². The maximum Gasteiger partial charge on any atom is 0.122 e. The summed E-state index contributed by atoms with van der Waals surface area (Å²) >= 11 is 0. The molecular weight excluding hydrogens is 260 g/mol. The van der Waals surface area contributed by atoms with Gasteiger partial charge >= 0.3 is 0 Å². The summed E-state index contributed by atoms with van der Waals surface area (Å²) in [5, 5.41) is 10.2.